The van der Waals surface area contributed by atoms with E-state index in [0.29, 0.717) is 5.92 Å². The van der Waals surface area contributed by atoms with Crippen molar-refractivity contribution in [2.24, 2.45) is 5.92 Å². The lowest BCUT2D eigenvalue weighted by Crippen LogP contribution is -2.44. The molecule has 2 rings (SSSR count). The topological polar surface area (TPSA) is 24.9 Å². The molecule has 0 bridgehead atoms. The van der Waals surface area contributed by atoms with Crippen LogP contribution in [0, 0.1) is 12.8 Å². The van der Waals surface area contributed by atoms with Gasteiger partial charge in [0.15, 0.2) is 0 Å². The zero-order valence-corrected chi connectivity index (χ0v) is 11.4. The first-order valence-corrected chi connectivity index (χ1v) is 7.24. The number of nitrogens with zero attached hydrogens (tertiary/aromatic N) is 1. The van der Waals surface area contributed by atoms with E-state index in [1.165, 1.54) is 30.7 Å². The van der Waals surface area contributed by atoms with Crippen LogP contribution in [0.25, 0.3) is 0 Å². The first-order chi connectivity index (χ1) is 7.69. The maximum atomic E-state index is 4.72. The number of nitrogens with one attached hydrogen (secondary N) is 1. The third-order valence-corrected chi connectivity index (χ3v) is 4.88. The minimum Gasteiger partial charge on any atom is -0.305 e. The molecule has 1 aliphatic rings. The summed E-state index contributed by atoms with van der Waals surface area (Å²) in [5.41, 5.74) is 1.34. The summed E-state index contributed by atoms with van der Waals surface area (Å²) < 4.78 is 0. The lowest BCUT2D eigenvalue weighted by Gasteiger charge is -2.33. The van der Waals surface area contributed by atoms with Gasteiger partial charge in [-0.15, -0.1) is 11.3 Å². The number of hydrogen-bond donors (Lipinski definition) is 1. The van der Waals surface area contributed by atoms with E-state index in [2.05, 4.69) is 31.5 Å². The van der Waals surface area contributed by atoms with Crippen molar-refractivity contribution in [1.29, 1.82) is 0 Å². The molecule has 2 unspecified atom stereocenters. The monoisotopic (exact) mass is 238 g/mol. The highest BCUT2D eigenvalue weighted by atomic mass is 32.1. The van der Waals surface area contributed by atoms with E-state index in [-0.39, 0.29) is 5.54 Å². The van der Waals surface area contributed by atoms with Crippen molar-refractivity contribution >= 4 is 11.3 Å². The number of aromatic nitrogens is 1. The number of aryl methyl sites for hydroxylation is 1. The highest BCUT2D eigenvalue weighted by Crippen LogP contribution is 2.44. The van der Waals surface area contributed by atoms with Crippen molar-refractivity contribution in [3.05, 3.63) is 16.1 Å². The fraction of sp³-hybridized carbons (Fsp3) is 0.769. The van der Waals surface area contributed by atoms with E-state index in [1.807, 2.05) is 11.3 Å². The van der Waals surface area contributed by atoms with Crippen LogP contribution in [0.2, 0.25) is 0 Å². The lowest BCUT2D eigenvalue weighted by molar-refractivity contribution is 0.262. The Balaban J connectivity index is 2.26. The van der Waals surface area contributed by atoms with Crippen LogP contribution in [0.4, 0.5) is 0 Å². The van der Waals surface area contributed by atoms with Gasteiger partial charge >= 0.3 is 0 Å². The molecule has 0 aliphatic heterocycles. The van der Waals surface area contributed by atoms with Crippen LogP contribution >= 0.6 is 11.3 Å². The Morgan fingerprint density at radius 3 is 2.94 bits per heavy atom. The molecule has 90 valence electrons. The maximum Gasteiger partial charge on any atom is 0.113 e. The highest BCUT2D eigenvalue weighted by Gasteiger charge is 2.43. The van der Waals surface area contributed by atoms with Crippen LogP contribution in [0.5, 0.6) is 0 Å². The molecule has 1 saturated carbocycles. The molecule has 0 spiro atoms. The molecule has 0 aromatic carbocycles. The molecule has 2 atom stereocenters. The van der Waals surface area contributed by atoms with Crippen molar-refractivity contribution in [2.45, 2.75) is 52.0 Å². The van der Waals surface area contributed by atoms with Gasteiger partial charge in [-0.2, -0.15) is 0 Å². The van der Waals surface area contributed by atoms with Crippen molar-refractivity contribution < 1.29 is 0 Å². The Morgan fingerprint density at radius 2 is 2.44 bits per heavy atom. The van der Waals surface area contributed by atoms with Gasteiger partial charge in [-0.25, -0.2) is 4.98 Å². The molecule has 0 radical (unpaired) electrons. The summed E-state index contributed by atoms with van der Waals surface area (Å²) in [7, 11) is 0. The average molecular weight is 238 g/mol. The average Bonchev–Trinajstić information content (AvgIpc) is 2.83. The van der Waals surface area contributed by atoms with E-state index in [4.69, 9.17) is 4.98 Å². The van der Waals surface area contributed by atoms with Gasteiger partial charge < -0.3 is 5.32 Å². The van der Waals surface area contributed by atoms with E-state index >= 15 is 0 Å². The molecule has 1 aliphatic carbocycles. The zero-order valence-electron chi connectivity index (χ0n) is 10.5. The molecular formula is C13H22N2S. The Kier molecular flexibility index (Phi) is 3.65. The smallest absolute Gasteiger partial charge is 0.113 e. The fourth-order valence-electron chi connectivity index (χ4n) is 2.74. The van der Waals surface area contributed by atoms with Crippen molar-refractivity contribution in [1.82, 2.24) is 10.3 Å². The van der Waals surface area contributed by atoms with E-state index in [0.717, 1.165) is 12.2 Å². The maximum absolute atomic E-state index is 4.72. The molecule has 1 N–H and O–H groups in total. The normalized spacial score (nSPS) is 29.8. The van der Waals surface area contributed by atoms with Crippen molar-refractivity contribution in [3.63, 3.8) is 0 Å². The summed E-state index contributed by atoms with van der Waals surface area (Å²) in [6.45, 7) is 7.79. The van der Waals surface area contributed by atoms with E-state index in [9.17, 15) is 0 Å². The molecular weight excluding hydrogens is 216 g/mol. The summed E-state index contributed by atoms with van der Waals surface area (Å²) in [5.74, 6) is 0.713. The third kappa shape index (κ3) is 2.03. The molecule has 2 nitrogen and oxygen atoms in total. The standard InChI is InChI=1S/C13H22N2S/c1-4-8-14-13(7-5-6-10(13)2)12-15-11(3)9-16-12/h9-10,14H,4-8H2,1-3H3. The Bertz CT molecular complexity index is 347. The van der Waals surface area contributed by atoms with Gasteiger partial charge in [0.25, 0.3) is 0 Å². The van der Waals surface area contributed by atoms with Gasteiger partial charge in [0.1, 0.15) is 5.01 Å². The van der Waals surface area contributed by atoms with Gasteiger partial charge in [-0.1, -0.05) is 20.3 Å². The molecule has 3 heteroatoms. The van der Waals surface area contributed by atoms with Gasteiger partial charge in [0.05, 0.1) is 5.54 Å². The fourth-order valence-corrected chi connectivity index (χ4v) is 3.86. The summed E-state index contributed by atoms with van der Waals surface area (Å²) in [6, 6.07) is 0. The predicted molar refractivity (Wildman–Crippen MR) is 69.8 cm³/mol. The molecule has 1 heterocycles. The van der Waals surface area contributed by atoms with Crippen molar-refractivity contribution in [2.75, 3.05) is 6.54 Å². The van der Waals surface area contributed by atoms with Gasteiger partial charge in [-0.05, 0) is 38.6 Å². The first-order valence-electron chi connectivity index (χ1n) is 6.36. The molecule has 0 amide bonds. The Morgan fingerprint density at radius 1 is 1.62 bits per heavy atom. The van der Waals surface area contributed by atoms with E-state index < -0.39 is 0 Å². The largest absolute Gasteiger partial charge is 0.305 e. The molecule has 1 aromatic heterocycles. The van der Waals surface area contributed by atoms with Crippen LogP contribution < -0.4 is 5.32 Å². The van der Waals surface area contributed by atoms with Crippen LogP contribution in [0.1, 0.15) is 50.2 Å². The van der Waals surface area contributed by atoms with E-state index in [1.54, 1.807) is 0 Å². The number of thiazole rings is 1. The van der Waals surface area contributed by atoms with Crippen LogP contribution in [-0.2, 0) is 5.54 Å². The van der Waals surface area contributed by atoms with Crippen molar-refractivity contribution in [3.8, 4) is 0 Å². The Labute approximate surface area is 102 Å². The lowest BCUT2D eigenvalue weighted by atomic mass is 9.88. The quantitative estimate of drug-likeness (QED) is 0.869. The van der Waals surface area contributed by atoms with Gasteiger partial charge in [0, 0.05) is 11.1 Å². The van der Waals surface area contributed by atoms with Crippen LogP contribution in [0.3, 0.4) is 0 Å². The summed E-state index contributed by atoms with van der Waals surface area (Å²) in [5, 5.41) is 7.26. The molecule has 0 saturated heterocycles. The first kappa shape index (κ1) is 12.1. The van der Waals surface area contributed by atoms with Crippen LogP contribution in [-0.4, -0.2) is 11.5 Å². The molecule has 16 heavy (non-hydrogen) atoms. The SMILES string of the molecule is CCCNC1(c2nc(C)cs2)CCCC1C. The second kappa shape index (κ2) is 4.84. The minimum atomic E-state index is 0.176. The summed E-state index contributed by atoms with van der Waals surface area (Å²) >= 11 is 1.83. The molecule has 1 fully saturated rings. The van der Waals surface area contributed by atoms with Gasteiger partial charge in [0.2, 0.25) is 0 Å². The summed E-state index contributed by atoms with van der Waals surface area (Å²) in [6.07, 6.45) is 5.10. The summed E-state index contributed by atoms with van der Waals surface area (Å²) in [4.78, 5) is 4.72. The predicted octanol–water partition coefficient (Wildman–Crippen LogP) is 3.47. The van der Waals surface area contributed by atoms with Crippen LogP contribution in [0.15, 0.2) is 5.38 Å². The second-order valence-electron chi connectivity index (χ2n) is 4.99. The zero-order chi connectivity index (χ0) is 11.6. The third-order valence-electron chi connectivity index (χ3n) is 3.74. The number of rotatable bonds is 4. The minimum absolute atomic E-state index is 0.176. The second-order valence-corrected chi connectivity index (χ2v) is 5.84. The number of hydrogen-bond acceptors (Lipinski definition) is 3. The molecule has 1 aromatic rings. The Hall–Kier alpha value is -0.410. The highest BCUT2D eigenvalue weighted by molar-refractivity contribution is 7.09. The van der Waals surface area contributed by atoms with Gasteiger partial charge in [-0.3, -0.25) is 0 Å².